The molecule has 1 fully saturated rings. The topological polar surface area (TPSA) is 50.2 Å². The second kappa shape index (κ2) is 7.00. The van der Waals surface area contributed by atoms with Crippen LogP contribution in [0, 0.1) is 6.92 Å². The third kappa shape index (κ3) is 3.33. The van der Waals surface area contributed by atoms with Gasteiger partial charge in [-0.3, -0.25) is 4.79 Å². The van der Waals surface area contributed by atoms with Crippen molar-refractivity contribution in [2.45, 2.75) is 51.1 Å². The van der Waals surface area contributed by atoms with Gasteiger partial charge in [0.1, 0.15) is 5.82 Å². The van der Waals surface area contributed by atoms with Crippen molar-refractivity contribution in [3.05, 3.63) is 48.0 Å². The first kappa shape index (κ1) is 16.3. The molecule has 1 saturated heterocycles. The molecule has 0 spiro atoms. The standard InChI is InChI=1S/C20H26N4O/c1-15-6-8-17(9-7-15)24-12-3-5-18(20(24)25)22-14-16-4-2-11-23-13-10-21-19(16)23/h6-10,13,16,18,22H,2-5,11-12,14H2,1H3. The van der Waals surface area contributed by atoms with Crippen LogP contribution in [0.1, 0.15) is 43.0 Å². The van der Waals surface area contributed by atoms with Crippen molar-refractivity contribution in [3.8, 4) is 0 Å². The van der Waals surface area contributed by atoms with Crippen molar-refractivity contribution < 1.29 is 4.79 Å². The number of hydrogen-bond acceptors (Lipinski definition) is 3. The molecule has 1 aromatic carbocycles. The molecule has 2 aliphatic heterocycles. The fourth-order valence-corrected chi connectivity index (χ4v) is 4.03. The number of piperidine rings is 1. The van der Waals surface area contributed by atoms with Gasteiger partial charge in [0.15, 0.2) is 0 Å². The summed E-state index contributed by atoms with van der Waals surface area (Å²) in [5, 5.41) is 3.54. The number of aryl methyl sites for hydroxylation is 2. The van der Waals surface area contributed by atoms with Crippen LogP contribution in [0.15, 0.2) is 36.7 Å². The molecule has 2 aliphatic rings. The van der Waals surface area contributed by atoms with E-state index in [1.54, 1.807) is 0 Å². The molecule has 4 rings (SSSR count). The van der Waals surface area contributed by atoms with Crippen molar-refractivity contribution in [3.63, 3.8) is 0 Å². The lowest BCUT2D eigenvalue weighted by Crippen LogP contribution is -2.51. The molecule has 132 valence electrons. The van der Waals surface area contributed by atoms with Crippen LogP contribution in [0.25, 0.3) is 0 Å². The van der Waals surface area contributed by atoms with Gasteiger partial charge in [-0.1, -0.05) is 17.7 Å². The number of carbonyl (C=O) groups is 1. The number of hydrogen-bond donors (Lipinski definition) is 1. The van der Waals surface area contributed by atoms with E-state index in [0.717, 1.165) is 50.4 Å². The predicted octanol–water partition coefficient (Wildman–Crippen LogP) is 2.85. The third-order valence-electron chi connectivity index (χ3n) is 5.46. The smallest absolute Gasteiger partial charge is 0.244 e. The van der Waals surface area contributed by atoms with Gasteiger partial charge in [0.25, 0.3) is 0 Å². The van der Waals surface area contributed by atoms with Crippen molar-refractivity contribution in [1.29, 1.82) is 0 Å². The van der Waals surface area contributed by atoms with E-state index in [1.165, 1.54) is 12.0 Å². The number of fused-ring (bicyclic) bond motifs is 1. The Morgan fingerprint density at radius 1 is 1.16 bits per heavy atom. The van der Waals surface area contributed by atoms with Crippen LogP contribution in [0.2, 0.25) is 0 Å². The van der Waals surface area contributed by atoms with Crippen LogP contribution in [0.4, 0.5) is 5.69 Å². The average Bonchev–Trinajstić information content (AvgIpc) is 3.11. The van der Waals surface area contributed by atoms with E-state index in [-0.39, 0.29) is 11.9 Å². The number of carbonyl (C=O) groups excluding carboxylic acids is 1. The zero-order valence-electron chi connectivity index (χ0n) is 14.8. The Kier molecular flexibility index (Phi) is 4.57. The second-order valence-corrected chi connectivity index (χ2v) is 7.25. The molecule has 3 heterocycles. The lowest BCUT2D eigenvalue weighted by Gasteiger charge is -2.34. The summed E-state index contributed by atoms with van der Waals surface area (Å²) in [4.78, 5) is 19.4. The Morgan fingerprint density at radius 3 is 2.80 bits per heavy atom. The second-order valence-electron chi connectivity index (χ2n) is 7.25. The maximum Gasteiger partial charge on any atom is 0.244 e. The van der Waals surface area contributed by atoms with Crippen LogP contribution in [-0.4, -0.2) is 34.6 Å². The lowest BCUT2D eigenvalue weighted by molar-refractivity contribution is -0.121. The van der Waals surface area contributed by atoms with Crippen LogP contribution < -0.4 is 10.2 Å². The fraction of sp³-hybridized carbons (Fsp3) is 0.500. The van der Waals surface area contributed by atoms with E-state index < -0.39 is 0 Å². The van der Waals surface area contributed by atoms with Crippen molar-refractivity contribution >= 4 is 11.6 Å². The minimum absolute atomic E-state index is 0.0830. The van der Waals surface area contributed by atoms with Crippen LogP contribution in [0.3, 0.4) is 0 Å². The molecule has 25 heavy (non-hydrogen) atoms. The molecule has 5 nitrogen and oxygen atoms in total. The van der Waals surface area contributed by atoms with Gasteiger partial charge >= 0.3 is 0 Å². The number of rotatable bonds is 4. The van der Waals surface area contributed by atoms with Gasteiger partial charge in [0.2, 0.25) is 5.91 Å². The molecular formula is C20H26N4O. The number of anilines is 1. The number of nitrogens with zero attached hydrogens (tertiary/aromatic N) is 3. The molecule has 5 heteroatoms. The maximum absolute atomic E-state index is 12.9. The minimum atomic E-state index is -0.0830. The van der Waals surface area contributed by atoms with E-state index in [2.05, 4.69) is 40.1 Å². The number of imidazole rings is 1. The van der Waals surface area contributed by atoms with Gasteiger partial charge < -0.3 is 14.8 Å². The summed E-state index contributed by atoms with van der Waals surface area (Å²) in [5.74, 6) is 1.78. The molecule has 2 atom stereocenters. The highest BCUT2D eigenvalue weighted by Crippen LogP contribution is 2.26. The number of amides is 1. The van der Waals surface area contributed by atoms with Gasteiger partial charge in [0, 0.05) is 43.6 Å². The zero-order valence-corrected chi connectivity index (χ0v) is 14.8. The SMILES string of the molecule is Cc1ccc(N2CCCC(NCC3CCCn4ccnc43)C2=O)cc1. The molecular weight excluding hydrogens is 312 g/mol. The maximum atomic E-state index is 12.9. The molecule has 1 N–H and O–H groups in total. The molecule has 1 aromatic heterocycles. The summed E-state index contributed by atoms with van der Waals surface area (Å²) < 4.78 is 2.25. The molecule has 0 bridgehead atoms. The monoisotopic (exact) mass is 338 g/mol. The zero-order chi connectivity index (χ0) is 17.2. The fourth-order valence-electron chi connectivity index (χ4n) is 4.03. The van der Waals surface area contributed by atoms with E-state index >= 15 is 0 Å². The highest BCUT2D eigenvalue weighted by molar-refractivity contribution is 5.97. The van der Waals surface area contributed by atoms with Crippen LogP contribution in [-0.2, 0) is 11.3 Å². The summed E-state index contributed by atoms with van der Waals surface area (Å²) in [6, 6.07) is 8.16. The van der Waals surface area contributed by atoms with Crippen LogP contribution in [0.5, 0.6) is 0 Å². The summed E-state index contributed by atoms with van der Waals surface area (Å²) in [6.07, 6.45) is 8.24. The van der Waals surface area contributed by atoms with Crippen molar-refractivity contribution in [2.75, 3.05) is 18.0 Å². The van der Waals surface area contributed by atoms with Gasteiger partial charge in [-0.15, -0.1) is 0 Å². The quantitative estimate of drug-likeness (QED) is 0.933. The summed E-state index contributed by atoms with van der Waals surface area (Å²) >= 11 is 0. The van der Waals surface area contributed by atoms with Crippen LogP contribution >= 0.6 is 0 Å². The molecule has 1 amide bonds. The van der Waals surface area contributed by atoms with E-state index in [1.807, 2.05) is 23.2 Å². The Balaban J connectivity index is 1.41. The predicted molar refractivity (Wildman–Crippen MR) is 98.8 cm³/mol. The number of nitrogens with one attached hydrogen (secondary N) is 1. The van der Waals surface area contributed by atoms with E-state index in [0.29, 0.717) is 5.92 Å². The first-order chi connectivity index (χ1) is 12.2. The minimum Gasteiger partial charge on any atom is -0.335 e. The number of aromatic nitrogens is 2. The summed E-state index contributed by atoms with van der Waals surface area (Å²) in [5.41, 5.74) is 2.23. The first-order valence-electron chi connectivity index (χ1n) is 9.35. The highest BCUT2D eigenvalue weighted by Gasteiger charge is 2.30. The number of benzene rings is 1. The Bertz CT molecular complexity index is 736. The molecule has 0 saturated carbocycles. The Hall–Kier alpha value is -2.14. The molecule has 2 unspecified atom stereocenters. The van der Waals surface area contributed by atoms with E-state index in [4.69, 9.17) is 0 Å². The van der Waals surface area contributed by atoms with Crippen molar-refractivity contribution in [1.82, 2.24) is 14.9 Å². The summed E-state index contributed by atoms with van der Waals surface area (Å²) in [7, 11) is 0. The normalized spacial score (nSPS) is 23.6. The molecule has 0 aliphatic carbocycles. The molecule has 0 radical (unpaired) electrons. The lowest BCUT2D eigenvalue weighted by atomic mass is 9.97. The van der Waals surface area contributed by atoms with Gasteiger partial charge in [-0.25, -0.2) is 4.98 Å². The Morgan fingerprint density at radius 2 is 1.96 bits per heavy atom. The largest absolute Gasteiger partial charge is 0.335 e. The summed E-state index contributed by atoms with van der Waals surface area (Å²) in [6.45, 7) is 4.78. The Labute approximate surface area is 149 Å². The van der Waals surface area contributed by atoms with E-state index in [9.17, 15) is 4.79 Å². The first-order valence-corrected chi connectivity index (χ1v) is 9.35. The highest BCUT2D eigenvalue weighted by atomic mass is 16.2. The van der Waals surface area contributed by atoms with Gasteiger partial charge in [0.05, 0.1) is 6.04 Å². The third-order valence-corrected chi connectivity index (χ3v) is 5.46. The van der Waals surface area contributed by atoms with Crippen molar-refractivity contribution in [2.24, 2.45) is 0 Å². The van der Waals surface area contributed by atoms with Gasteiger partial charge in [-0.2, -0.15) is 0 Å². The molecule has 2 aromatic rings. The average molecular weight is 338 g/mol. The van der Waals surface area contributed by atoms with Gasteiger partial charge in [-0.05, 0) is 44.7 Å².